The van der Waals surface area contributed by atoms with Crippen molar-refractivity contribution in [2.75, 3.05) is 54.0 Å². The molecule has 6 nitrogen and oxygen atoms in total. The zero-order chi connectivity index (χ0) is 20.3. The van der Waals surface area contributed by atoms with Gasteiger partial charge in [-0.15, -0.1) is 0 Å². The number of aliphatic imine (C=N–C) groups is 1. The van der Waals surface area contributed by atoms with Crippen LogP contribution in [0.5, 0.6) is 11.5 Å². The number of rotatable bonds is 10. The first-order valence-electron chi connectivity index (χ1n) is 8.77. The van der Waals surface area contributed by atoms with Gasteiger partial charge in [0, 0.05) is 19.6 Å². The Morgan fingerprint density at radius 2 is 1.85 bits per heavy atom. The number of nitrogens with zero attached hydrogens (tertiary/aromatic N) is 2. The Morgan fingerprint density at radius 1 is 1.15 bits per heavy atom. The maximum atomic E-state index is 12.3. The van der Waals surface area contributed by atoms with Crippen molar-refractivity contribution < 1.29 is 22.6 Å². The predicted molar refractivity (Wildman–Crippen MR) is 101 cm³/mol. The molecule has 1 aromatic rings. The van der Waals surface area contributed by atoms with E-state index in [-0.39, 0.29) is 13.1 Å². The highest BCUT2D eigenvalue weighted by Gasteiger charge is 2.28. The maximum Gasteiger partial charge on any atom is 0.401 e. The fourth-order valence-corrected chi connectivity index (χ4v) is 2.42. The Bertz CT molecular complexity index is 594. The third-order valence-electron chi connectivity index (χ3n) is 3.70. The van der Waals surface area contributed by atoms with Gasteiger partial charge in [-0.1, -0.05) is 6.07 Å². The second-order valence-electron chi connectivity index (χ2n) is 5.98. The van der Waals surface area contributed by atoms with Gasteiger partial charge in [0.15, 0.2) is 17.5 Å². The van der Waals surface area contributed by atoms with E-state index >= 15 is 0 Å². The van der Waals surface area contributed by atoms with E-state index in [4.69, 9.17) is 9.47 Å². The Morgan fingerprint density at radius 3 is 2.44 bits per heavy atom. The van der Waals surface area contributed by atoms with Crippen LogP contribution in [0.4, 0.5) is 13.2 Å². The van der Waals surface area contributed by atoms with Gasteiger partial charge >= 0.3 is 6.18 Å². The number of alkyl halides is 3. The highest BCUT2D eigenvalue weighted by molar-refractivity contribution is 5.79. The molecule has 0 spiro atoms. The smallest absolute Gasteiger partial charge is 0.401 e. The Hall–Kier alpha value is -2.16. The average molecular weight is 390 g/mol. The van der Waals surface area contributed by atoms with Crippen molar-refractivity contribution in [3.8, 4) is 11.5 Å². The Balaban J connectivity index is 2.50. The van der Waals surface area contributed by atoms with E-state index in [1.165, 1.54) is 11.9 Å². The summed E-state index contributed by atoms with van der Waals surface area (Å²) < 4.78 is 47.5. The van der Waals surface area contributed by atoms with E-state index in [9.17, 15) is 13.2 Å². The van der Waals surface area contributed by atoms with Crippen LogP contribution < -0.4 is 20.1 Å². The maximum absolute atomic E-state index is 12.3. The standard InChI is InChI=1S/C18H29F3N4O2/c1-5-22-17(24-10-11-25(2)13-18(19,20)21)23-9-8-14-6-7-15(26-3)16(12-14)27-4/h6-7,12H,5,8-11,13H2,1-4H3,(H2,22,23,24). The molecule has 1 aromatic carbocycles. The zero-order valence-corrected chi connectivity index (χ0v) is 16.3. The van der Waals surface area contributed by atoms with Crippen molar-refractivity contribution in [2.45, 2.75) is 19.5 Å². The zero-order valence-electron chi connectivity index (χ0n) is 16.3. The van der Waals surface area contributed by atoms with Crippen molar-refractivity contribution in [1.82, 2.24) is 15.5 Å². The molecule has 0 bridgehead atoms. The third-order valence-corrected chi connectivity index (χ3v) is 3.70. The van der Waals surface area contributed by atoms with Crippen molar-refractivity contribution in [3.63, 3.8) is 0 Å². The van der Waals surface area contributed by atoms with Gasteiger partial charge in [0.1, 0.15) is 0 Å². The minimum absolute atomic E-state index is 0.228. The number of ether oxygens (including phenoxy) is 2. The van der Waals surface area contributed by atoms with E-state index in [0.29, 0.717) is 30.5 Å². The van der Waals surface area contributed by atoms with E-state index in [1.54, 1.807) is 14.2 Å². The lowest BCUT2D eigenvalue weighted by atomic mass is 10.1. The molecule has 0 aliphatic heterocycles. The summed E-state index contributed by atoms with van der Waals surface area (Å²) in [5, 5.41) is 6.27. The quantitative estimate of drug-likeness (QED) is 0.474. The number of methoxy groups -OCH3 is 2. The van der Waals surface area contributed by atoms with Crippen LogP contribution in [0.1, 0.15) is 12.5 Å². The molecule has 9 heteroatoms. The number of benzene rings is 1. The number of hydrogen-bond acceptors (Lipinski definition) is 4. The van der Waals surface area contributed by atoms with Crippen LogP contribution in [0, 0.1) is 0 Å². The van der Waals surface area contributed by atoms with Crippen LogP contribution in [0.3, 0.4) is 0 Å². The van der Waals surface area contributed by atoms with Gasteiger partial charge in [0.05, 0.1) is 27.3 Å². The second-order valence-corrected chi connectivity index (χ2v) is 5.98. The van der Waals surface area contributed by atoms with Crippen LogP contribution in [0.25, 0.3) is 0 Å². The Kier molecular flexibility index (Phi) is 9.77. The first kappa shape index (κ1) is 22.9. The van der Waals surface area contributed by atoms with Crippen molar-refractivity contribution in [2.24, 2.45) is 4.99 Å². The summed E-state index contributed by atoms with van der Waals surface area (Å²) in [6.07, 6.45) is -3.46. The first-order chi connectivity index (χ1) is 12.8. The van der Waals surface area contributed by atoms with Gasteiger partial charge in [-0.25, -0.2) is 0 Å². The molecule has 0 amide bonds. The number of hydrogen-bond donors (Lipinski definition) is 2. The normalized spacial score (nSPS) is 12.2. The highest BCUT2D eigenvalue weighted by atomic mass is 19.4. The van der Waals surface area contributed by atoms with E-state index < -0.39 is 12.7 Å². The van der Waals surface area contributed by atoms with Crippen LogP contribution in [0.2, 0.25) is 0 Å². The lowest BCUT2D eigenvalue weighted by molar-refractivity contribution is -0.142. The summed E-state index contributed by atoms with van der Waals surface area (Å²) in [7, 11) is 4.61. The van der Waals surface area contributed by atoms with Gasteiger partial charge in [0.25, 0.3) is 0 Å². The van der Waals surface area contributed by atoms with E-state index in [0.717, 1.165) is 12.0 Å². The van der Waals surface area contributed by atoms with Crippen molar-refractivity contribution in [3.05, 3.63) is 23.8 Å². The third kappa shape index (κ3) is 9.37. The fraction of sp³-hybridized carbons (Fsp3) is 0.611. The lowest BCUT2D eigenvalue weighted by Gasteiger charge is -2.18. The largest absolute Gasteiger partial charge is 0.493 e. The highest BCUT2D eigenvalue weighted by Crippen LogP contribution is 2.27. The molecular weight excluding hydrogens is 361 g/mol. The molecule has 0 unspecified atom stereocenters. The second kappa shape index (κ2) is 11.5. The van der Waals surface area contributed by atoms with Gasteiger partial charge in [-0.3, -0.25) is 9.89 Å². The number of guanidine groups is 1. The molecule has 0 saturated carbocycles. The minimum Gasteiger partial charge on any atom is -0.493 e. The van der Waals surface area contributed by atoms with Gasteiger partial charge in [0.2, 0.25) is 0 Å². The molecule has 0 aliphatic carbocycles. The van der Waals surface area contributed by atoms with Gasteiger partial charge < -0.3 is 20.1 Å². The molecule has 0 saturated heterocycles. The molecule has 0 heterocycles. The molecule has 27 heavy (non-hydrogen) atoms. The molecule has 154 valence electrons. The lowest BCUT2D eigenvalue weighted by Crippen LogP contribution is -2.39. The average Bonchev–Trinajstić information content (AvgIpc) is 2.60. The molecule has 0 aliphatic rings. The molecule has 1 rings (SSSR count). The molecule has 0 aromatic heterocycles. The first-order valence-corrected chi connectivity index (χ1v) is 8.77. The molecule has 0 radical (unpaired) electrons. The summed E-state index contributed by atoms with van der Waals surface area (Å²) in [6, 6.07) is 5.72. The van der Waals surface area contributed by atoms with Crippen LogP contribution >= 0.6 is 0 Å². The Labute approximate surface area is 158 Å². The van der Waals surface area contributed by atoms with E-state index in [1.807, 2.05) is 25.1 Å². The fourth-order valence-electron chi connectivity index (χ4n) is 2.42. The van der Waals surface area contributed by atoms with Crippen molar-refractivity contribution >= 4 is 5.96 Å². The van der Waals surface area contributed by atoms with Crippen LogP contribution in [-0.2, 0) is 6.42 Å². The minimum atomic E-state index is -4.19. The SMILES string of the molecule is CCNC(=NCCN(C)CC(F)(F)F)NCCc1ccc(OC)c(OC)c1. The summed E-state index contributed by atoms with van der Waals surface area (Å²) in [5.74, 6) is 1.92. The van der Waals surface area contributed by atoms with E-state index in [2.05, 4.69) is 15.6 Å². The summed E-state index contributed by atoms with van der Waals surface area (Å²) in [5.41, 5.74) is 1.07. The summed E-state index contributed by atoms with van der Waals surface area (Å²) in [4.78, 5) is 5.52. The molecular formula is C18H29F3N4O2. The summed E-state index contributed by atoms with van der Waals surface area (Å²) in [6.45, 7) is 2.79. The van der Waals surface area contributed by atoms with Crippen LogP contribution in [0.15, 0.2) is 23.2 Å². The predicted octanol–water partition coefficient (Wildman–Crippen LogP) is 2.30. The number of halogens is 3. The van der Waals surface area contributed by atoms with Crippen molar-refractivity contribution in [1.29, 1.82) is 0 Å². The molecule has 0 fully saturated rings. The van der Waals surface area contributed by atoms with Gasteiger partial charge in [-0.2, -0.15) is 13.2 Å². The number of nitrogens with one attached hydrogen (secondary N) is 2. The topological polar surface area (TPSA) is 58.1 Å². The monoisotopic (exact) mass is 390 g/mol. The molecule has 2 N–H and O–H groups in total. The molecule has 0 atom stereocenters. The number of likely N-dealkylation sites (N-methyl/N-ethyl adjacent to an activating group) is 1. The van der Waals surface area contributed by atoms with Crippen LogP contribution in [-0.4, -0.2) is 71.0 Å². The summed E-state index contributed by atoms with van der Waals surface area (Å²) >= 11 is 0. The van der Waals surface area contributed by atoms with Gasteiger partial charge in [-0.05, 0) is 38.1 Å².